The summed E-state index contributed by atoms with van der Waals surface area (Å²) in [6, 6.07) is 5.89. The first-order valence-corrected chi connectivity index (χ1v) is 7.39. The van der Waals surface area contributed by atoms with Crippen LogP contribution < -0.4 is 10.5 Å². The molecule has 19 heavy (non-hydrogen) atoms. The van der Waals surface area contributed by atoms with Gasteiger partial charge in [0.15, 0.2) is 0 Å². The van der Waals surface area contributed by atoms with E-state index in [1.807, 2.05) is 25.1 Å². The van der Waals surface area contributed by atoms with E-state index >= 15 is 0 Å². The zero-order chi connectivity index (χ0) is 14.3. The lowest BCUT2D eigenvalue weighted by Gasteiger charge is -2.12. The first kappa shape index (κ1) is 15.9. The fourth-order valence-electron chi connectivity index (χ4n) is 1.64. The first-order valence-electron chi connectivity index (χ1n) is 6.24. The average molecular weight is 283 g/mol. The van der Waals surface area contributed by atoms with Gasteiger partial charge in [-0.15, -0.1) is 11.8 Å². The molecule has 1 unspecified atom stereocenters. The average Bonchev–Trinajstić information content (AvgIpc) is 2.38. The fourth-order valence-corrected chi connectivity index (χ4v) is 2.44. The summed E-state index contributed by atoms with van der Waals surface area (Å²) in [4.78, 5) is 11.3. The van der Waals surface area contributed by atoms with E-state index in [1.54, 1.807) is 14.0 Å². The minimum atomic E-state index is -0.185. The van der Waals surface area contributed by atoms with Gasteiger partial charge in [-0.2, -0.15) is 0 Å². The molecule has 0 saturated heterocycles. The Labute approximate surface area is 118 Å². The van der Waals surface area contributed by atoms with Crippen LogP contribution in [0.25, 0.3) is 0 Å². The zero-order valence-electron chi connectivity index (χ0n) is 11.6. The Bertz CT molecular complexity index is 421. The van der Waals surface area contributed by atoms with E-state index in [0.717, 1.165) is 16.9 Å². The molecule has 1 atom stereocenters. The Kier molecular flexibility index (Phi) is 6.73. The van der Waals surface area contributed by atoms with Gasteiger partial charge in [-0.25, -0.2) is 0 Å². The molecular weight excluding hydrogens is 262 g/mol. The molecule has 1 aromatic rings. The highest BCUT2D eigenvalue weighted by Crippen LogP contribution is 2.26. The van der Waals surface area contributed by atoms with Crippen molar-refractivity contribution in [2.75, 3.05) is 19.5 Å². The topological polar surface area (TPSA) is 61.5 Å². The van der Waals surface area contributed by atoms with Gasteiger partial charge < -0.3 is 15.2 Å². The summed E-state index contributed by atoms with van der Waals surface area (Å²) in [5.41, 5.74) is 7.98. The van der Waals surface area contributed by atoms with Crippen LogP contribution in [-0.2, 0) is 15.3 Å². The Balaban J connectivity index is 2.65. The molecule has 0 spiro atoms. The molecule has 1 aromatic carbocycles. The van der Waals surface area contributed by atoms with Gasteiger partial charge in [0.1, 0.15) is 5.75 Å². The molecule has 0 amide bonds. The highest BCUT2D eigenvalue weighted by Gasteiger charge is 2.09. The number of carbonyl (C=O) groups is 1. The van der Waals surface area contributed by atoms with Crippen molar-refractivity contribution in [1.29, 1.82) is 0 Å². The normalized spacial score (nSPS) is 12.0. The maximum absolute atomic E-state index is 11.3. The minimum Gasteiger partial charge on any atom is -0.496 e. The van der Waals surface area contributed by atoms with E-state index in [2.05, 4.69) is 0 Å². The van der Waals surface area contributed by atoms with Gasteiger partial charge in [0.25, 0.3) is 0 Å². The Morgan fingerprint density at radius 3 is 2.79 bits per heavy atom. The third-order valence-corrected chi connectivity index (χ3v) is 3.57. The lowest BCUT2D eigenvalue weighted by Crippen LogP contribution is -2.08. The van der Waals surface area contributed by atoms with Gasteiger partial charge in [-0.3, -0.25) is 4.79 Å². The van der Waals surface area contributed by atoms with Gasteiger partial charge in [0.05, 0.1) is 19.5 Å². The molecule has 0 aliphatic rings. The molecule has 0 radical (unpaired) electrons. The van der Waals surface area contributed by atoms with Crippen LogP contribution in [0.4, 0.5) is 0 Å². The van der Waals surface area contributed by atoms with Gasteiger partial charge in [0, 0.05) is 17.4 Å². The number of thioether (sulfide) groups is 1. The van der Waals surface area contributed by atoms with Crippen molar-refractivity contribution >= 4 is 17.7 Å². The standard InChI is InChI=1S/C14H21NO3S/c1-4-18-14(16)9-19-8-12-7-11(10(2)15)5-6-13(12)17-3/h5-7,10H,4,8-9,15H2,1-3H3. The highest BCUT2D eigenvalue weighted by molar-refractivity contribution is 7.99. The number of hydrogen-bond acceptors (Lipinski definition) is 5. The van der Waals surface area contributed by atoms with Crippen LogP contribution in [0, 0.1) is 0 Å². The molecule has 0 aliphatic heterocycles. The monoisotopic (exact) mass is 283 g/mol. The van der Waals surface area contributed by atoms with Crippen molar-refractivity contribution in [2.24, 2.45) is 5.73 Å². The van der Waals surface area contributed by atoms with Crippen molar-refractivity contribution in [3.63, 3.8) is 0 Å². The number of carbonyl (C=O) groups excluding carboxylic acids is 1. The molecule has 0 saturated carbocycles. The van der Waals surface area contributed by atoms with Crippen LogP contribution in [0.1, 0.15) is 31.0 Å². The molecule has 5 heteroatoms. The summed E-state index contributed by atoms with van der Waals surface area (Å²) >= 11 is 1.51. The van der Waals surface area contributed by atoms with E-state index < -0.39 is 0 Å². The van der Waals surface area contributed by atoms with Crippen molar-refractivity contribution in [3.8, 4) is 5.75 Å². The predicted molar refractivity (Wildman–Crippen MR) is 78.4 cm³/mol. The van der Waals surface area contributed by atoms with Crippen LogP contribution >= 0.6 is 11.8 Å². The smallest absolute Gasteiger partial charge is 0.315 e. The van der Waals surface area contributed by atoms with Crippen molar-refractivity contribution in [1.82, 2.24) is 0 Å². The summed E-state index contributed by atoms with van der Waals surface area (Å²) < 4.78 is 10.2. The third kappa shape index (κ3) is 5.12. The third-order valence-electron chi connectivity index (χ3n) is 2.61. The number of methoxy groups -OCH3 is 1. The quantitative estimate of drug-likeness (QED) is 0.779. The molecule has 4 nitrogen and oxygen atoms in total. The first-order chi connectivity index (χ1) is 9.08. The van der Waals surface area contributed by atoms with Crippen LogP contribution in [0.3, 0.4) is 0 Å². The minimum absolute atomic E-state index is 0.0142. The van der Waals surface area contributed by atoms with Gasteiger partial charge in [0.2, 0.25) is 0 Å². The molecule has 106 valence electrons. The number of hydrogen-bond donors (Lipinski definition) is 1. The second-order valence-electron chi connectivity index (χ2n) is 4.16. The molecule has 0 aliphatic carbocycles. The molecular formula is C14H21NO3S. The zero-order valence-corrected chi connectivity index (χ0v) is 12.5. The highest BCUT2D eigenvalue weighted by atomic mass is 32.2. The second kappa shape index (κ2) is 8.07. The Morgan fingerprint density at radius 2 is 2.21 bits per heavy atom. The van der Waals surface area contributed by atoms with E-state index in [9.17, 15) is 4.79 Å². The van der Waals surface area contributed by atoms with Crippen LogP contribution in [0.5, 0.6) is 5.75 Å². The van der Waals surface area contributed by atoms with Gasteiger partial charge >= 0.3 is 5.97 Å². The summed E-state index contributed by atoms with van der Waals surface area (Å²) in [5, 5.41) is 0. The number of esters is 1. The lowest BCUT2D eigenvalue weighted by molar-refractivity contribution is -0.139. The van der Waals surface area contributed by atoms with Gasteiger partial charge in [-0.05, 0) is 31.5 Å². The van der Waals surface area contributed by atoms with E-state index in [1.165, 1.54) is 11.8 Å². The number of nitrogens with two attached hydrogens (primary N) is 1. The molecule has 0 fully saturated rings. The maximum atomic E-state index is 11.3. The molecule has 1 rings (SSSR count). The van der Waals surface area contributed by atoms with Crippen molar-refractivity contribution in [2.45, 2.75) is 25.6 Å². The van der Waals surface area contributed by atoms with Crippen molar-refractivity contribution < 1.29 is 14.3 Å². The van der Waals surface area contributed by atoms with Crippen LogP contribution in [0.15, 0.2) is 18.2 Å². The summed E-state index contributed by atoms with van der Waals surface area (Å²) in [5.74, 6) is 1.68. The summed E-state index contributed by atoms with van der Waals surface area (Å²) in [6.07, 6.45) is 0. The van der Waals surface area contributed by atoms with Crippen LogP contribution in [0.2, 0.25) is 0 Å². The van der Waals surface area contributed by atoms with Gasteiger partial charge in [-0.1, -0.05) is 6.07 Å². The molecule has 0 heterocycles. The number of ether oxygens (including phenoxy) is 2. The Morgan fingerprint density at radius 1 is 1.47 bits per heavy atom. The maximum Gasteiger partial charge on any atom is 0.315 e. The predicted octanol–water partition coefficient (Wildman–Crippen LogP) is 2.51. The molecule has 0 bridgehead atoms. The van der Waals surface area contributed by atoms with E-state index in [4.69, 9.17) is 15.2 Å². The largest absolute Gasteiger partial charge is 0.496 e. The fraction of sp³-hybridized carbons (Fsp3) is 0.500. The lowest BCUT2D eigenvalue weighted by atomic mass is 10.1. The second-order valence-corrected chi connectivity index (χ2v) is 5.14. The molecule has 2 N–H and O–H groups in total. The summed E-state index contributed by atoms with van der Waals surface area (Å²) in [6.45, 7) is 4.16. The Hall–Kier alpha value is -1.20. The summed E-state index contributed by atoms with van der Waals surface area (Å²) in [7, 11) is 1.64. The SMILES string of the molecule is CCOC(=O)CSCc1cc(C(C)N)ccc1OC. The van der Waals surface area contributed by atoms with Crippen LogP contribution in [-0.4, -0.2) is 25.4 Å². The number of rotatable bonds is 7. The number of benzene rings is 1. The van der Waals surface area contributed by atoms with E-state index in [-0.39, 0.29) is 12.0 Å². The molecule has 0 aromatic heterocycles. The van der Waals surface area contributed by atoms with Crippen molar-refractivity contribution in [3.05, 3.63) is 29.3 Å². The van der Waals surface area contributed by atoms with E-state index in [0.29, 0.717) is 18.1 Å².